The third-order valence-electron chi connectivity index (χ3n) is 6.06. The molecule has 1 aromatic heterocycles. The number of carbonyl (C=O) groups is 1. The molecule has 1 atom stereocenters. The predicted molar refractivity (Wildman–Crippen MR) is 129 cm³/mol. The predicted octanol–water partition coefficient (Wildman–Crippen LogP) is 3.86. The van der Waals surface area contributed by atoms with E-state index in [1.165, 1.54) is 23.5 Å². The number of carboxylic acids is 1. The number of carboxylic acid groups (broad SMARTS) is 1. The second kappa shape index (κ2) is 10.1. The van der Waals surface area contributed by atoms with E-state index < -0.39 is 27.9 Å². The molecule has 0 spiro atoms. The highest BCUT2D eigenvalue weighted by Gasteiger charge is 2.37. The van der Waals surface area contributed by atoms with Crippen LogP contribution in [0.25, 0.3) is 0 Å². The molecule has 2 aliphatic rings. The number of thiazole rings is 1. The summed E-state index contributed by atoms with van der Waals surface area (Å²) in [5, 5.41) is 15.9. The highest BCUT2D eigenvalue weighted by molar-refractivity contribution is 7.89. The van der Waals surface area contributed by atoms with Gasteiger partial charge in [-0.15, -0.1) is 11.3 Å². The van der Waals surface area contributed by atoms with Gasteiger partial charge in [0.2, 0.25) is 10.0 Å². The van der Waals surface area contributed by atoms with Crippen LogP contribution in [0.3, 0.4) is 0 Å². The van der Waals surface area contributed by atoms with Gasteiger partial charge in [-0.2, -0.15) is 0 Å². The molecule has 2 heterocycles. The van der Waals surface area contributed by atoms with Crippen molar-refractivity contribution in [1.82, 2.24) is 15.0 Å². The van der Waals surface area contributed by atoms with E-state index in [1.807, 2.05) is 0 Å². The Morgan fingerprint density at radius 1 is 1.32 bits per heavy atom. The van der Waals surface area contributed by atoms with Crippen LogP contribution in [0.5, 0.6) is 0 Å². The summed E-state index contributed by atoms with van der Waals surface area (Å²) in [6.07, 6.45) is 3.96. The second-order valence-corrected chi connectivity index (χ2v) is 11.6. The SMILES string of the molecule is CCS(=O)(=O)NC1CCC(C2=C(C(=O)O)C(c3ccc(F)cc3Cl)N=C(c3nccs3)N2)CC1. The summed E-state index contributed by atoms with van der Waals surface area (Å²) >= 11 is 7.67. The van der Waals surface area contributed by atoms with Crippen LogP contribution in [0, 0.1) is 11.7 Å². The number of aliphatic carboxylic acids is 1. The van der Waals surface area contributed by atoms with Crippen molar-refractivity contribution in [3.05, 3.63) is 62.5 Å². The van der Waals surface area contributed by atoms with Crippen molar-refractivity contribution in [1.29, 1.82) is 0 Å². The molecule has 1 aliphatic carbocycles. The quantitative estimate of drug-likeness (QED) is 0.503. The molecular formula is C22H24ClFN4O4S2. The van der Waals surface area contributed by atoms with E-state index in [2.05, 4.69) is 20.0 Å². The van der Waals surface area contributed by atoms with Crippen LogP contribution in [0.4, 0.5) is 4.39 Å². The molecule has 1 fully saturated rings. The number of aromatic nitrogens is 1. The highest BCUT2D eigenvalue weighted by atomic mass is 35.5. The fourth-order valence-electron chi connectivity index (χ4n) is 4.36. The van der Waals surface area contributed by atoms with Gasteiger partial charge in [-0.05, 0) is 50.7 Å². The molecule has 1 unspecified atom stereocenters. The fraction of sp³-hybridized carbons (Fsp3) is 0.409. The van der Waals surface area contributed by atoms with Crippen LogP contribution in [0.15, 0.2) is 46.0 Å². The molecule has 1 saturated carbocycles. The normalized spacial score (nSPS) is 23.4. The summed E-state index contributed by atoms with van der Waals surface area (Å²) in [5.41, 5.74) is 0.944. The highest BCUT2D eigenvalue weighted by Crippen LogP contribution is 2.40. The van der Waals surface area contributed by atoms with Gasteiger partial charge in [0.05, 0.1) is 11.3 Å². The molecule has 0 amide bonds. The molecule has 34 heavy (non-hydrogen) atoms. The Kier molecular flexibility index (Phi) is 7.36. The van der Waals surface area contributed by atoms with E-state index in [-0.39, 0.29) is 28.3 Å². The molecular weight excluding hydrogens is 503 g/mol. The zero-order valence-electron chi connectivity index (χ0n) is 18.3. The number of allylic oxidation sites excluding steroid dienone is 1. The van der Waals surface area contributed by atoms with Crippen LogP contribution in [0.1, 0.15) is 49.2 Å². The Hall–Kier alpha value is -2.34. The Morgan fingerprint density at radius 2 is 2.06 bits per heavy atom. The molecule has 0 bridgehead atoms. The zero-order valence-corrected chi connectivity index (χ0v) is 20.7. The second-order valence-electron chi connectivity index (χ2n) is 8.21. The molecule has 0 saturated heterocycles. The third-order valence-corrected chi connectivity index (χ3v) is 8.62. The van der Waals surface area contributed by atoms with Crippen molar-refractivity contribution in [2.75, 3.05) is 5.75 Å². The molecule has 1 aliphatic heterocycles. The first kappa shape index (κ1) is 24.8. The van der Waals surface area contributed by atoms with Crippen LogP contribution >= 0.6 is 22.9 Å². The minimum Gasteiger partial charge on any atom is -0.478 e. The van der Waals surface area contributed by atoms with E-state index in [0.29, 0.717) is 47.8 Å². The number of amidine groups is 1. The van der Waals surface area contributed by atoms with Gasteiger partial charge in [0.25, 0.3) is 0 Å². The van der Waals surface area contributed by atoms with Gasteiger partial charge in [-0.3, -0.25) is 4.99 Å². The Morgan fingerprint density at radius 3 is 2.65 bits per heavy atom. The largest absolute Gasteiger partial charge is 0.478 e. The number of benzene rings is 1. The third kappa shape index (κ3) is 5.32. The topological polar surface area (TPSA) is 121 Å². The average Bonchev–Trinajstić information content (AvgIpc) is 3.33. The van der Waals surface area contributed by atoms with Crippen LogP contribution in [-0.4, -0.2) is 42.1 Å². The molecule has 1 aromatic carbocycles. The van der Waals surface area contributed by atoms with Crippen molar-refractivity contribution in [3.63, 3.8) is 0 Å². The number of sulfonamides is 1. The monoisotopic (exact) mass is 526 g/mol. The standard InChI is InChI=1S/C22H24ClFN4O4S2/c1-2-34(31,32)28-14-6-3-12(4-7-14)18-17(22(29)30)19(15-8-5-13(24)11-16(15)23)27-20(26-18)21-25-9-10-33-21/h5,8-12,14,19,28H,2-4,6-7H2,1H3,(H,26,27)(H,29,30). The van der Waals surface area contributed by atoms with Gasteiger partial charge in [-0.25, -0.2) is 27.3 Å². The van der Waals surface area contributed by atoms with E-state index in [1.54, 1.807) is 18.5 Å². The molecule has 12 heteroatoms. The van der Waals surface area contributed by atoms with Gasteiger partial charge in [-0.1, -0.05) is 17.7 Å². The lowest BCUT2D eigenvalue weighted by Crippen LogP contribution is -2.41. The van der Waals surface area contributed by atoms with E-state index >= 15 is 0 Å². The van der Waals surface area contributed by atoms with Gasteiger partial charge >= 0.3 is 5.97 Å². The van der Waals surface area contributed by atoms with Crippen LogP contribution < -0.4 is 10.0 Å². The van der Waals surface area contributed by atoms with E-state index in [0.717, 1.165) is 6.07 Å². The first-order valence-corrected chi connectivity index (χ1v) is 13.8. The lowest BCUT2D eigenvalue weighted by molar-refractivity contribution is -0.133. The van der Waals surface area contributed by atoms with Crippen LogP contribution in [-0.2, 0) is 14.8 Å². The van der Waals surface area contributed by atoms with Crippen molar-refractivity contribution >= 4 is 44.8 Å². The Labute approximate surface area is 206 Å². The minimum atomic E-state index is -3.32. The molecule has 8 nitrogen and oxygen atoms in total. The van der Waals surface area contributed by atoms with Gasteiger partial charge < -0.3 is 10.4 Å². The number of halogens is 2. The van der Waals surface area contributed by atoms with E-state index in [4.69, 9.17) is 11.6 Å². The van der Waals surface area contributed by atoms with Crippen LogP contribution in [0.2, 0.25) is 5.02 Å². The number of aliphatic imine (C=N–C) groups is 1. The van der Waals surface area contributed by atoms with Gasteiger partial charge in [0.1, 0.15) is 11.9 Å². The van der Waals surface area contributed by atoms with Crippen molar-refractivity contribution in [2.24, 2.45) is 10.9 Å². The maximum absolute atomic E-state index is 13.7. The maximum atomic E-state index is 13.7. The molecule has 4 rings (SSSR count). The average molecular weight is 527 g/mol. The lowest BCUT2D eigenvalue weighted by Gasteiger charge is -2.35. The van der Waals surface area contributed by atoms with Gasteiger partial charge in [0, 0.05) is 33.9 Å². The fourth-order valence-corrected chi connectivity index (χ4v) is 6.13. The van der Waals surface area contributed by atoms with Crippen molar-refractivity contribution in [3.8, 4) is 0 Å². The van der Waals surface area contributed by atoms with Crippen molar-refractivity contribution < 1.29 is 22.7 Å². The number of hydrogen-bond donors (Lipinski definition) is 3. The summed E-state index contributed by atoms with van der Waals surface area (Å²) in [6, 6.07) is 2.69. The molecule has 2 aromatic rings. The Balaban J connectivity index is 1.71. The summed E-state index contributed by atoms with van der Waals surface area (Å²) in [6.45, 7) is 1.59. The minimum absolute atomic E-state index is 0.0105. The number of nitrogens with one attached hydrogen (secondary N) is 2. The molecule has 3 N–H and O–H groups in total. The number of nitrogens with zero attached hydrogens (tertiary/aromatic N) is 2. The smallest absolute Gasteiger partial charge is 0.335 e. The van der Waals surface area contributed by atoms with Crippen molar-refractivity contribution in [2.45, 2.75) is 44.7 Å². The molecule has 0 radical (unpaired) electrons. The summed E-state index contributed by atoms with van der Waals surface area (Å²) in [5.74, 6) is -1.39. The summed E-state index contributed by atoms with van der Waals surface area (Å²) < 4.78 is 40.3. The number of hydrogen-bond acceptors (Lipinski definition) is 7. The van der Waals surface area contributed by atoms with Gasteiger partial charge in [0.15, 0.2) is 10.8 Å². The first-order valence-electron chi connectivity index (χ1n) is 10.9. The summed E-state index contributed by atoms with van der Waals surface area (Å²) in [7, 11) is -3.32. The lowest BCUT2D eigenvalue weighted by atomic mass is 9.80. The Bertz CT molecular complexity index is 1240. The first-order chi connectivity index (χ1) is 16.2. The van der Waals surface area contributed by atoms with E-state index in [9.17, 15) is 22.7 Å². The maximum Gasteiger partial charge on any atom is 0.335 e. The molecule has 182 valence electrons. The number of rotatable bonds is 7. The zero-order chi connectivity index (χ0) is 24.5. The summed E-state index contributed by atoms with van der Waals surface area (Å²) in [4.78, 5) is 21.4.